The van der Waals surface area contributed by atoms with E-state index in [0.717, 1.165) is 11.3 Å². The summed E-state index contributed by atoms with van der Waals surface area (Å²) in [6, 6.07) is 2.17. The number of ether oxygens (including phenoxy) is 1. The summed E-state index contributed by atoms with van der Waals surface area (Å²) in [4.78, 5) is 20.0. The lowest BCUT2D eigenvalue weighted by Crippen LogP contribution is -2.29. The van der Waals surface area contributed by atoms with Crippen LogP contribution < -0.4 is 15.4 Å². The average molecular weight is 551 g/mol. The smallest absolute Gasteiger partial charge is 0.406 e. The molecule has 2 aromatic heterocycles. The molecular weight excluding hydrogens is 537 g/mol. The molecule has 0 aliphatic heterocycles. The molecule has 11 nitrogen and oxygen atoms in total. The molecule has 0 fully saturated rings. The van der Waals surface area contributed by atoms with E-state index in [0.29, 0.717) is 12.1 Å². The summed E-state index contributed by atoms with van der Waals surface area (Å²) in [6.45, 7) is 1.42. The summed E-state index contributed by atoms with van der Waals surface area (Å²) in [5, 5.41) is 18.4. The van der Waals surface area contributed by atoms with Gasteiger partial charge < -0.3 is 15.4 Å². The minimum absolute atomic E-state index is 0.0784. The zero-order chi connectivity index (χ0) is 26.8. The highest BCUT2D eigenvalue weighted by Gasteiger charge is 2.34. The molecule has 0 unspecified atom stereocenters. The van der Waals surface area contributed by atoms with E-state index in [2.05, 4.69) is 30.4 Å². The minimum atomic E-state index is -5.36. The Balaban J connectivity index is 1.98. The number of hydrogen-bond donors (Lipinski definition) is 2. The average Bonchev–Trinajstić information content (AvgIpc) is 3.44. The second kappa shape index (κ2) is 10.0. The van der Waals surface area contributed by atoms with Gasteiger partial charge in [0.2, 0.25) is 20.9 Å². The zero-order valence-corrected chi connectivity index (χ0v) is 19.7. The Morgan fingerprint density at radius 3 is 2.53 bits per heavy atom. The number of nitrogens with zero attached hydrogens (tertiary/aromatic N) is 5. The molecule has 0 saturated heterocycles. The molecule has 0 saturated carbocycles. The van der Waals surface area contributed by atoms with E-state index in [1.54, 1.807) is 0 Å². The largest absolute Gasteiger partial charge is 0.573 e. The first-order valence-electron chi connectivity index (χ1n) is 9.50. The minimum Gasteiger partial charge on any atom is -0.406 e. The van der Waals surface area contributed by atoms with E-state index in [4.69, 9.17) is 5.26 Å². The number of alkyl halides is 5. The monoisotopic (exact) mass is 551 g/mol. The number of amides is 1. The summed E-state index contributed by atoms with van der Waals surface area (Å²) < 4.78 is 92.6. The van der Waals surface area contributed by atoms with Gasteiger partial charge in [-0.2, -0.15) is 23.7 Å². The van der Waals surface area contributed by atoms with Crippen molar-refractivity contribution in [1.29, 1.82) is 5.26 Å². The zero-order valence-electron chi connectivity index (χ0n) is 18.0. The van der Waals surface area contributed by atoms with Crippen LogP contribution in [0.3, 0.4) is 0 Å². The second-order valence-electron chi connectivity index (χ2n) is 6.82. The normalized spacial score (nSPS) is 12.8. The molecule has 0 aliphatic carbocycles. The number of carbonyl (C=O) groups is 1. The van der Waals surface area contributed by atoms with Crippen LogP contribution >= 0.6 is 11.3 Å². The predicted molar refractivity (Wildman–Crippen MR) is 113 cm³/mol. The molecule has 192 valence electrons. The van der Waals surface area contributed by atoms with Crippen LogP contribution in [0.2, 0.25) is 0 Å². The van der Waals surface area contributed by atoms with Gasteiger partial charge in [-0.05, 0) is 25.1 Å². The molecule has 18 heteroatoms. The molecule has 3 aromatic rings. The number of carbonyl (C=O) groups excluding carboxylic acids is 1. The Morgan fingerprint density at radius 2 is 1.97 bits per heavy atom. The molecule has 1 aromatic carbocycles. The number of benzene rings is 1. The number of hydrogen-bond acceptors (Lipinski definition) is 10. The Kier molecular flexibility index (Phi) is 7.45. The van der Waals surface area contributed by atoms with Crippen molar-refractivity contribution < 1.29 is 39.9 Å². The molecule has 0 spiro atoms. The van der Waals surface area contributed by atoms with Crippen molar-refractivity contribution in [2.24, 2.45) is 0 Å². The number of halogens is 5. The van der Waals surface area contributed by atoms with Crippen LogP contribution in [-0.4, -0.2) is 53.2 Å². The molecule has 36 heavy (non-hydrogen) atoms. The lowest BCUT2D eigenvalue weighted by atomic mass is 10.2. The van der Waals surface area contributed by atoms with Crippen molar-refractivity contribution in [3.05, 3.63) is 40.7 Å². The number of aromatic nitrogens is 4. The van der Waals surface area contributed by atoms with Gasteiger partial charge in [0.05, 0.1) is 17.1 Å². The highest BCUT2D eigenvalue weighted by molar-refractivity contribution is 7.91. The number of rotatable bonds is 8. The van der Waals surface area contributed by atoms with Crippen LogP contribution in [0, 0.1) is 11.3 Å². The SMILES string of the molecule is CNc1nc([C@H](C)NC(=O)c2cc(OC(F)(F)F)cc(S(=O)(=O)C(F)F)c2)n(-c2ncc(C#N)s2)n1. The maximum atomic E-state index is 13.0. The Bertz CT molecular complexity index is 1430. The lowest BCUT2D eigenvalue weighted by molar-refractivity contribution is -0.274. The first-order chi connectivity index (χ1) is 16.7. The Labute approximate surface area is 203 Å². The van der Waals surface area contributed by atoms with E-state index in [1.807, 2.05) is 6.07 Å². The number of nitriles is 1. The predicted octanol–water partition coefficient (Wildman–Crippen LogP) is 3.02. The summed E-state index contributed by atoms with van der Waals surface area (Å²) in [5.74, 6) is -6.09. The van der Waals surface area contributed by atoms with Crippen molar-refractivity contribution in [2.45, 2.75) is 30.0 Å². The van der Waals surface area contributed by atoms with Crippen LogP contribution in [0.15, 0.2) is 29.3 Å². The van der Waals surface area contributed by atoms with Crippen molar-refractivity contribution >= 4 is 33.0 Å². The van der Waals surface area contributed by atoms with Crippen LogP contribution in [0.1, 0.15) is 34.0 Å². The van der Waals surface area contributed by atoms with Gasteiger partial charge in [0.15, 0.2) is 5.82 Å². The number of anilines is 1. The maximum absolute atomic E-state index is 13.0. The Morgan fingerprint density at radius 1 is 1.28 bits per heavy atom. The van der Waals surface area contributed by atoms with E-state index in [9.17, 15) is 35.2 Å². The summed E-state index contributed by atoms with van der Waals surface area (Å²) in [7, 11) is -3.86. The van der Waals surface area contributed by atoms with Gasteiger partial charge in [-0.3, -0.25) is 4.79 Å². The molecule has 2 heterocycles. The molecule has 1 atom stereocenters. The van der Waals surface area contributed by atoms with Crippen LogP contribution in [0.25, 0.3) is 5.13 Å². The molecule has 2 N–H and O–H groups in total. The number of nitrogens with one attached hydrogen (secondary N) is 2. The van der Waals surface area contributed by atoms with Gasteiger partial charge in [0, 0.05) is 12.6 Å². The first-order valence-corrected chi connectivity index (χ1v) is 11.9. The summed E-state index contributed by atoms with van der Waals surface area (Å²) in [6.07, 6.45) is -4.00. The summed E-state index contributed by atoms with van der Waals surface area (Å²) in [5.41, 5.74) is -0.705. The highest BCUT2D eigenvalue weighted by Crippen LogP contribution is 2.30. The molecule has 3 rings (SSSR count). The van der Waals surface area contributed by atoms with Gasteiger partial charge in [-0.15, -0.1) is 18.3 Å². The van der Waals surface area contributed by atoms with E-state index < -0.39 is 50.1 Å². The van der Waals surface area contributed by atoms with Crippen LogP contribution in [0.4, 0.5) is 27.9 Å². The topological polar surface area (TPSA) is 152 Å². The van der Waals surface area contributed by atoms with Crippen molar-refractivity contribution in [1.82, 2.24) is 25.1 Å². The van der Waals surface area contributed by atoms with Crippen LogP contribution in [-0.2, 0) is 9.84 Å². The quantitative estimate of drug-likeness (QED) is 0.403. The third kappa shape index (κ3) is 5.85. The molecular formula is C18H14F5N7O4S2. The third-order valence-corrected chi connectivity index (χ3v) is 6.55. The van der Waals surface area contributed by atoms with Gasteiger partial charge in [-0.1, -0.05) is 11.3 Å². The van der Waals surface area contributed by atoms with Gasteiger partial charge in [0.1, 0.15) is 16.7 Å². The fourth-order valence-corrected chi connectivity index (χ4v) is 4.22. The second-order valence-corrected chi connectivity index (χ2v) is 9.74. The molecule has 1 amide bonds. The van der Waals surface area contributed by atoms with Gasteiger partial charge in [0.25, 0.3) is 5.91 Å². The molecule has 0 bridgehead atoms. The summed E-state index contributed by atoms with van der Waals surface area (Å²) >= 11 is 0.958. The van der Waals surface area contributed by atoms with Crippen molar-refractivity contribution in [3.8, 4) is 17.0 Å². The number of thiazole rings is 1. The Hall–Kier alpha value is -3.85. The van der Waals surface area contributed by atoms with Crippen LogP contribution in [0.5, 0.6) is 5.75 Å². The van der Waals surface area contributed by atoms with Gasteiger partial charge >= 0.3 is 12.1 Å². The number of sulfone groups is 1. The fourth-order valence-electron chi connectivity index (χ4n) is 2.77. The van der Waals surface area contributed by atoms with Crippen molar-refractivity contribution in [3.63, 3.8) is 0 Å². The first kappa shape index (κ1) is 26.7. The van der Waals surface area contributed by atoms with Gasteiger partial charge in [-0.25, -0.2) is 13.4 Å². The molecule has 0 aliphatic rings. The third-order valence-electron chi connectivity index (χ3n) is 4.31. The van der Waals surface area contributed by atoms with E-state index in [-0.39, 0.29) is 27.8 Å². The van der Waals surface area contributed by atoms with E-state index in [1.165, 1.54) is 24.9 Å². The van der Waals surface area contributed by atoms with E-state index >= 15 is 0 Å². The fraction of sp³-hybridized carbons (Fsp3) is 0.278. The maximum Gasteiger partial charge on any atom is 0.573 e. The standard InChI is InChI=1S/C18H14F5N7O4S2/c1-8(13-28-16(25-2)29-30(13)17-26-7-11(6-24)35-17)27-14(31)9-3-10(34-18(21,22)23)5-12(4-9)36(32,33)15(19)20/h3-5,7-8,15H,1-2H3,(H,25,29)(H,27,31)/t8-/m0/s1. The highest BCUT2D eigenvalue weighted by atomic mass is 32.2. The van der Waals surface area contributed by atoms with Crippen molar-refractivity contribution in [2.75, 3.05) is 12.4 Å². The molecule has 0 radical (unpaired) electrons. The lowest BCUT2D eigenvalue weighted by Gasteiger charge is -2.16.